The molecule has 3 aromatic rings. The highest BCUT2D eigenvalue weighted by atomic mass is 35.5. The van der Waals surface area contributed by atoms with Crippen LogP contribution in [-0.4, -0.2) is 20.7 Å². The molecule has 0 radical (unpaired) electrons. The topological polar surface area (TPSA) is 57.0 Å². The van der Waals surface area contributed by atoms with E-state index in [9.17, 15) is 4.79 Å². The molecule has 0 N–H and O–H groups in total. The molecule has 1 saturated carbocycles. The van der Waals surface area contributed by atoms with Crippen molar-refractivity contribution in [1.82, 2.24) is 14.8 Å². The molecule has 142 valence electrons. The molecule has 1 aliphatic carbocycles. The molecule has 0 aliphatic heterocycles. The number of ether oxygens (including phenoxy) is 1. The van der Waals surface area contributed by atoms with Crippen LogP contribution >= 0.6 is 11.6 Å². The van der Waals surface area contributed by atoms with E-state index < -0.39 is 5.54 Å². The van der Waals surface area contributed by atoms with Gasteiger partial charge in [-0.2, -0.15) is 5.10 Å². The number of carbonyl (C=O) groups excluding carboxylic acids is 1. The SMILES string of the molecule is CC.Cc1nn(C2(C(=O)OCc3ccccc3)CC2C)c2nc(Cl)ccc12. The van der Waals surface area contributed by atoms with Gasteiger partial charge in [-0.05, 0) is 37.0 Å². The molecule has 0 bridgehead atoms. The minimum atomic E-state index is -0.793. The molecule has 1 aromatic carbocycles. The van der Waals surface area contributed by atoms with Gasteiger partial charge in [0.1, 0.15) is 11.8 Å². The smallest absolute Gasteiger partial charge is 0.334 e. The zero-order chi connectivity index (χ0) is 19.6. The summed E-state index contributed by atoms with van der Waals surface area (Å²) in [4.78, 5) is 17.3. The third-order valence-electron chi connectivity index (χ3n) is 4.90. The van der Waals surface area contributed by atoms with E-state index in [0.29, 0.717) is 17.2 Å². The Bertz CT molecular complexity index is 955. The van der Waals surface area contributed by atoms with Crippen LogP contribution in [0.3, 0.4) is 0 Å². The van der Waals surface area contributed by atoms with Crippen molar-refractivity contribution >= 4 is 28.6 Å². The molecule has 2 atom stereocenters. The lowest BCUT2D eigenvalue weighted by Gasteiger charge is -2.17. The van der Waals surface area contributed by atoms with E-state index in [-0.39, 0.29) is 18.5 Å². The molecule has 2 heterocycles. The van der Waals surface area contributed by atoms with Gasteiger partial charge in [-0.3, -0.25) is 0 Å². The summed E-state index contributed by atoms with van der Waals surface area (Å²) in [5, 5.41) is 5.87. The Hall–Kier alpha value is -2.40. The third-order valence-corrected chi connectivity index (χ3v) is 5.11. The summed E-state index contributed by atoms with van der Waals surface area (Å²) in [6.07, 6.45) is 0.686. The van der Waals surface area contributed by atoms with Crippen molar-refractivity contribution in [3.8, 4) is 0 Å². The molecule has 6 heteroatoms. The van der Waals surface area contributed by atoms with E-state index in [1.54, 1.807) is 10.7 Å². The molecule has 1 fully saturated rings. The number of aromatic nitrogens is 3. The maximum atomic E-state index is 12.9. The number of carbonyl (C=O) groups is 1. The first kappa shape index (κ1) is 19.4. The average Bonchev–Trinajstić information content (AvgIpc) is 3.27. The van der Waals surface area contributed by atoms with Gasteiger partial charge in [0.25, 0.3) is 0 Å². The van der Waals surface area contributed by atoms with E-state index in [1.807, 2.05) is 64.1 Å². The molecule has 2 unspecified atom stereocenters. The Morgan fingerprint density at radius 2 is 1.93 bits per heavy atom. The van der Waals surface area contributed by atoms with Crippen LogP contribution < -0.4 is 0 Å². The number of esters is 1. The van der Waals surface area contributed by atoms with Crippen molar-refractivity contribution in [3.63, 3.8) is 0 Å². The van der Waals surface area contributed by atoms with Gasteiger partial charge in [-0.25, -0.2) is 14.5 Å². The van der Waals surface area contributed by atoms with Crippen LogP contribution in [0.5, 0.6) is 0 Å². The molecular weight excluding hydrogens is 362 g/mol. The Morgan fingerprint density at radius 3 is 2.56 bits per heavy atom. The van der Waals surface area contributed by atoms with Crippen LogP contribution in [0.1, 0.15) is 38.4 Å². The summed E-state index contributed by atoms with van der Waals surface area (Å²) >= 11 is 6.06. The highest BCUT2D eigenvalue weighted by Crippen LogP contribution is 2.52. The minimum Gasteiger partial charge on any atom is -0.459 e. The second-order valence-corrected chi connectivity index (χ2v) is 6.98. The summed E-state index contributed by atoms with van der Waals surface area (Å²) in [6.45, 7) is 8.18. The highest BCUT2D eigenvalue weighted by Gasteiger charge is 2.62. The largest absolute Gasteiger partial charge is 0.459 e. The van der Waals surface area contributed by atoms with Crippen LogP contribution in [0, 0.1) is 12.8 Å². The van der Waals surface area contributed by atoms with Gasteiger partial charge in [0.2, 0.25) is 0 Å². The van der Waals surface area contributed by atoms with Crippen molar-refractivity contribution in [3.05, 3.63) is 58.9 Å². The molecule has 5 nitrogen and oxygen atoms in total. The number of pyridine rings is 1. The van der Waals surface area contributed by atoms with Gasteiger partial charge in [0.15, 0.2) is 11.2 Å². The zero-order valence-electron chi connectivity index (χ0n) is 16.1. The standard InChI is InChI=1S/C19H18ClN3O2.C2H6/c1-12-10-19(12,18(24)25-11-14-6-4-3-5-7-14)23-17-15(13(2)22-23)8-9-16(20)21-17;1-2/h3-9,12H,10-11H2,1-2H3;1-2H3. The third kappa shape index (κ3) is 3.44. The number of hydrogen-bond acceptors (Lipinski definition) is 4. The van der Waals surface area contributed by atoms with E-state index in [4.69, 9.17) is 16.3 Å². The highest BCUT2D eigenvalue weighted by molar-refractivity contribution is 6.29. The number of aryl methyl sites for hydroxylation is 1. The molecular formula is C21H24ClN3O2. The van der Waals surface area contributed by atoms with E-state index in [2.05, 4.69) is 10.1 Å². The predicted molar refractivity (Wildman–Crippen MR) is 107 cm³/mol. The monoisotopic (exact) mass is 385 g/mol. The van der Waals surface area contributed by atoms with E-state index in [0.717, 1.165) is 16.6 Å². The first-order valence-corrected chi connectivity index (χ1v) is 9.63. The van der Waals surface area contributed by atoms with Crippen molar-refractivity contribution in [2.24, 2.45) is 5.92 Å². The van der Waals surface area contributed by atoms with Crippen LogP contribution in [0.25, 0.3) is 11.0 Å². The fourth-order valence-electron chi connectivity index (χ4n) is 3.32. The Labute approximate surface area is 164 Å². The fraction of sp³-hybridized carbons (Fsp3) is 0.381. The summed E-state index contributed by atoms with van der Waals surface area (Å²) in [5.41, 5.74) is 1.63. The Morgan fingerprint density at radius 1 is 1.26 bits per heavy atom. The maximum Gasteiger partial charge on any atom is 0.334 e. The number of nitrogens with zero attached hydrogens (tertiary/aromatic N) is 3. The number of hydrogen-bond donors (Lipinski definition) is 0. The summed E-state index contributed by atoms with van der Waals surface area (Å²) in [5.74, 6) is -0.130. The first-order valence-electron chi connectivity index (χ1n) is 9.26. The lowest BCUT2D eigenvalue weighted by Crippen LogP contribution is -2.33. The Kier molecular flexibility index (Phi) is 5.51. The summed E-state index contributed by atoms with van der Waals surface area (Å²) in [7, 11) is 0. The van der Waals surface area contributed by atoms with Crippen LogP contribution in [0.2, 0.25) is 5.15 Å². The van der Waals surface area contributed by atoms with Crippen LogP contribution in [0.4, 0.5) is 0 Å². The summed E-state index contributed by atoms with van der Waals surface area (Å²) in [6, 6.07) is 13.3. The van der Waals surface area contributed by atoms with E-state index in [1.165, 1.54) is 0 Å². The molecule has 4 rings (SSSR count). The quantitative estimate of drug-likeness (QED) is 0.473. The first-order chi connectivity index (χ1) is 13.0. The number of fused-ring (bicyclic) bond motifs is 1. The second-order valence-electron chi connectivity index (χ2n) is 6.59. The normalized spacial score (nSPS) is 20.7. The van der Waals surface area contributed by atoms with Gasteiger partial charge < -0.3 is 4.74 Å². The fourth-order valence-corrected chi connectivity index (χ4v) is 3.46. The van der Waals surface area contributed by atoms with Crippen molar-refractivity contribution in [2.45, 2.75) is 46.3 Å². The number of halogens is 1. The average molecular weight is 386 g/mol. The zero-order valence-corrected chi connectivity index (χ0v) is 16.8. The van der Waals surface area contributed by atoms with E-state index >= 15 is 0 Å². The second kappa shape index (κ2) is 7.69. The minimum absolute atomic E-state index is 0.138. The number of rotatable bonds is 4. The molecule has 1 aliphatic rings. The molecule has 0 amide bonds. The number of benzene rings is 1. The molecule has 0 spiro atoms. The van der Waals surface area contributed by atoms with Crippen molar-refractivity contribution in [2.75, 3.05) is 0 Å². The molecule has 27 heavy (non-hydrogen) atoms. The van der Waals surface area contributed by atoms with Gasteiger partial charge in [0, 0.05) is 5.39 Å². The predicted octanol–water partition coefficient (Wildman–Crippen LogP) is 4.90. The van der Waals surface area contributed by atoms with Crippen LogP contribution in [0.15, 0.2) is 42.5 Å². The van der Waals surface area contributed by atoms with Crippen molar-refractivity contribution < 1.29 is 9.53 Å². The summed E-state index contributed by atoms with van der Waals surface area (Å²) < 4.78 is 7.32. The van der Waals surface area contributed by atoms with Gasteiger partial charge in [-0.1, -0.05) is 62.7 Å². The maximum absolute atomic E-state index is 12.9. The van der Waals surface area contributed by atoms with Crippen molar-refractivity contribution in [1.29, 1.82) is 0 Å². The van der Waals surface area contributed by atoms with Gasteiger partial charge >= 0.3 is 5.97 Å². The lowest BCUT2D eigenvalue weighted by molar-refractivity contribution is -0.151. The molecule has 0 saturated heterocycles. The van der Waals surface area contributed by atoms with Gasteiger partial charge in [0.05, 0.1) is 5.69 Å². The van der Waals surface area contributed by atoms with Gasteiger partial charge in [-0.15, -0.1) is 0 Å². The Balaban J connectivity index is 0.00000102. The van der Waals surface area contributed by atoms with Crippen LogP contribution in [-0.2, 0) is 21.7 Å². The molecule has 2 aromatic heterocycles. The lowest BCUT2D eigenvalue weighted by atomic mass is 10.2.